The Morgan fingerprint density at radius 2 is 2.16 bits per heavy atom. The van der Waals surface area contributed by atoms with Crippen LogP contribution in [0.4, 0.5) is 11.5 Å². The van der Waals surface area contributed by atoms with Crippen molar-refractivity contribution in [2.45, 2.75) is 19.4 Å². The Hall–Kier alpha value is -1.97. The van der Waals surface area contributed by atoms with Gasteiger partial charge in [0.15, 0.2) is 5.82 Å². The van der Waals surface area contributed by atoms with Crippen molar-refractivity contribution in [1.82, 2.24) is 9.78 Å². The number of aromatic nitrogens is 2. The fourth-order valence-electron chi connectivity index (χ4n) is 3.51. The molecule has 2 aromatic rings. The molecule has 4 nitrogen and oxygen atoms in total. The summed E-state index contributed by atoms with van der Waals surface area (Å²) in [6.45, 7) is 4.12. The zero-order chi connectivity index (χ0) is 13.0. The highest BCUT2D eigenvalue weighted by Gasteiger charge is 2.34. The molecule has 1 unspecified atom stereocenters. The van der Waals surface area contributed by atoms with Gasteiger partial charge in [-0.2, -0.15) is 5.10 Å². The predicted octanol–water partition coefficient (Wildman–Crippen LogP) is 2.26. The molecule has 3 heterocycles. The van der Waals surface area contributed by atoms with E-state index >= 15 is 0 Å². The molecule has 0 saturated carbocycles. The molecule has 0 fully saturated rings. The van der Waals surface area contributed by atoms with Gasteiger partial charge in [-0.25, -0.2) is 0 Å². The highest BCUT2D eigenvalue weighted by atomic mass is 15.4. The maximum Gasteiger partial charge on any atom is 0.151 e. The number of nitrogens with one attached hydrogen (secondary N) is 1. The Morgan fingerprint density at radius 3 is 3.05 bits per heavy atom. The highest BCUT2D eigenvalue weighted by Crippen LogP contribution is 2.41. The van der Waals surface area contributed by atoms with Gasteiger partial charge in [0.1, 0.15) is 5.69 Å². The minimum atomic E-state index is 0.437. The van der Waals surface area contributed by atoms with Crippen LogP contribution in [-0.2, 0) is 13.5 Å². The molecule has 2 aliphatic rings. The van der Waals surface area contributed by atoms with Gasteiger partial charge in [-0.1, -0.05) is 24.3 Å². The lowest BCUT2D eigenvalue weighted by Crippen LogP contribution is -2.43. The van der Waals surface area contributed by atoms with Crippen LogP contribution in [0.3, 0.4) is 0 Å². The lowest BCUT2D eigenvalue weighted by Gasteiger charge is -2.42. The second-order valence-corrected chi connectivity index (χ2v) is 5.45. The zero-order valence-electron chi connectivity index (χ0n) is 11.3. The number of nitrogens with zero attached hydrogens (tertiary/aromatic N) is 3. The molecular formula is C15H18N4. The van der Waals surface area contributed by atoms with E-state index in [1.807, 2.05) is 11.7 Å². The van der Waals surface area contributed by atoms with Gasteiger partial charge >= 0.3 is 0 Å². The maximum atomic E-state index is 4.55. The summed E-state index contributed by atoms with van der Waals surface area (Å²) in [5, 5.41) is 8.12. The van der Waals surface area contributed by atoms with Crippen LogP contribution in [0.2, 0.25) is 0 Å². The predicted molar refractivity (Wildman–Crippen MR) is 76.7 cm³/mol. The molecule has 1 aromatic carbocycles. The van der Waals surface area contributed by atoms with Crippen LogP contribution in [-0.4, -0.2) is 22.9 Å². The van der Waals surface area contributed by atoms with E-state index in [2.05, 4.69) is 46.5 Å². The largest absolute Gasteiger partial charge is 0.378 e. The quantitative estimate of drug-likeness (QED) is 0.783. The van der Waals surface area contributed by atoms with Crippen LogP contribution in [0.1, 0.15) is 22.9 Å². The van der Waals surface area contributed by atoms with Crippen molar-refractivity contribution in [3.8, 4) is 0 Å². The van der Waals surface area contributed by atoms with Gasteiger partial charge in [0.2, 0.25) is 0 Å². The van der Waals surface area contributed by atoms with Gasteiger partial charge in [0, 0.05) is 20.1 Å². The van der Waals surface area contributed by atoms with E-state index < -0.39 is 0 Å². The summed E-state index contributed by atoms with van der Waals surface area (Å²) in [7, 11) is 2.04. The number of hydrogen-bond donors (Lipinski definition) is 1. The summed E-state index contributed by atoms with van der Waals surface area (Å²) in [4.78, 5) is 2.51. The molecule has 0 radical (unpaired) electrons. The van der Waals surface area contributed by atoms with Crippen LogP contribution in [0.15, 0.2) is 24.3 Å². The van der Waals surface area contributed by atoms with Gasteiger partial charge in [-0.15, -0.1) is 0 Å². The molecule has 0 saturated heterocycles. The monoisotopic (exact) mass is 254 g/mol. The summed E-state index contributed by atoms with van der Waals surface area (Å²) < 4.78 is 2.01. The number of rotatable bonds is 0. The number of fused-ring (bicyclic) bond motifs is 5. The minimum absolute atomic E-state index is 0.437. The summed E-state index contributed by atoms with van der Waals surface area (Å²) in [5.74, 6) is 1.24. The van der Waals surface area contributed by atoms with Gasteiger partial charge in [0.25, 0.3) is 0 Å². The molecule has 1 aromatic heterocycles. The van der Waals surface area contributed by atoms with Gasteiger partial charge in [0.05, 0.1) is 11.7 Å². The second-order valence-electron chi connectivity index (χ2n) is 5.45. The highest BCUT2D eigenvalue weighted by molar-refractivity contribution is 5.73. The van der Waals surface area contributed by atoms with Crippen molar-refractivity contribution in [3.05, 3.63) is 41.1 Å². The van der Waals surface area contributed by atoms with Crippen molar-refractivity contribution in [3.63, 3.8) is 0 Å². The molecular weight excluding hydrogens is 236 g/mol. The van der Waals surface area contributed by atoms with Crippen molar-refractivity contribution in [2.75, 3.05) is 23.3 Å². The van der Waals surface area contributed by atoms with Crippen LogP contribution < -0.4 is 10.2 Å². The lowest BCUT2D eigenvalue weighted by atomic mass is 9.91. The van der Waals surface area contributed by atoms with E-state index in [4.69, 9.17) is 0 Å². The van der Waals surface area contributed by atoms with Crippen LogP contribution in [0.5, 0.6) is 0 Å². The molecule has 0 spiro atoms. The topological polar surface area (TPSA) is 33.1 Å². The van der Waals surface area contributed by atoms with E-state index in [0.29, 0.717) is 6.04 Å². The average Bonchev–Trinajstić information content (AvgIpc) is 2.74. The Balaban J connectivity index is 1.85. The van der Waals surface area contributed by atoms with Crippen molar-refractivity contribution in [2.24, 2.45) is 7.05 Å². The van der Waals surface area contributed by atoms with Crippen LogP contribution in [0, 0.1) is 6.92 Å². The summed E-state index contributed by atoms with van der Waals surface area (Å²) in [6, 6.07) is 9.25. The molecule has 0 bridgehead atoms. The van der Waals surface area contributed by atoms with E-state index in [0.717, 1.165) is 25.2 Å². The third kappa shape index (κ3) is 1.43. The van der Waals surface area contributed by atoms with Crippen molar-refractivity contribution < 1.29 is 0 Å². The van der Waals surface area contributed by atoms with Gasteiger partial charge in [-0.05, 0) is 24.5 Å². The van der Waals surface area contributed by atoms with Crippen molar-refractivity contribution in [1.29, 1.82) is 0 Å². The Labute approximate surface area is 113 Å². The molecule has 0 amide bonds. The van der Waals surface area contributed by atoms with E-state index in [1.54, 1.807) is 0 Å². The smallest absolute Gasteiger partial charge is 0.151 e. The SMILES string of the molecule is Cc1nn(C)c2c1NCC1c3ccccc3CCN21. The number of anilines is 2. The maximum absolute atomic E-state index is 4.55. The van der Waals surface area contributed by atoms with Crippen LogP contribution >= 0.6 is 0 Å². The summed E-state index contributed by atoms with van der Waals surface area (Å²) in [6.07, 6.45) is 1.12. The average molecular weight is 254 g/mol. The number of aryl methyl sites for hydroxylation is 2. The molecule has 1 N–H and O–H groups in total. The molecule has 4 heteroatoms. The van der Waals surface area contributed by atoms with Gasteiger partial charge in [-0.3, -0.25) is 4.68 Å². The standard InChI is InChI=1S/C15H18N4/c1-10-14-15(18(2)17-10)19-8-7-11-5-3-4-6-12(11)13(19)9-16-14/h3-6,13,16H,7-9H2,1-2H3. The third-order valence-electron chi connectivity index (χ3n) is 4.35. The van der Waals surface area contributed by atoms with Crippen molar-refractivity contribution >= 4 is 11.5 Å². The van der Waals surface area contributed by atoms with E-state index in [9.17, 15) is 0 Å². The first-order valence-corrected chi connectivity index (χ1v) is 6.87. The Bertz CT molecular complexity index is 644. The Kier molecular flexibility index (Phi) is 2.16. The molecule has 4 rings (SSSR count). The zero-order valence-corrected chi connectivity index (χ0v) is 11.3. The molecule has 1 atom stereocenters. The number of hydrogen-bond acceptors (Lipinski definition) is 3. The summed E-state index contributed by atoms with van der Waals surface area (Å²) >= 11 is 0. The molecule has 2 aliphatic heterocycles. The minimum Gasteiger partial charge on any atom is -0.378 e. The molecule has 98 valence electrons. The lowest BCUT2D eigenvalue weighted by molar-refractivity contribution is 0.567. The van der Waals surface area contributed by atoms with Crippen LogP contribution in [0.25, 0.3) is 0 Å². The fourth-order valence-corrected chi connectivity index (χ4v) is 3.51. The summed E-state index contributed by atoms with van der Waals surface area (Å²) in [5.41, 5.74) is 5.26. The first-order chi connectivity index (χ1) is 9.25. The first-order valence-electron chi connectivity index (χ1n) is 6.87. The molecule has 19 heavy (non-hydrogen) atoms. The number of benzene rings is 1. The fraction of sp³-hybridized carbons (Fsp3) is 0.400. The van der Waals surface area contributed by atoms with Gasteiger partial charge < -0.3 is 10.2 Å². The second kappa shape index (κ2) is 3.76. The third-order valence-corrected chi connectivity index (χ3v) is 4.35. The first kappa shape index (κ1) is 10.9. The molecule has 0 aliphatic carbocycles. The van der Waals surface area contributed by atoms with E-state index in [1.165, 1.54) is 22.6 Å². The Morgan fingerprint density at radius 1 is 1.32 bits per heavy atom. The normalized spacial score (nSPS) is 20.3. The van der Waals surface area contributed by atoms with E-state index in [-0.39, 0.29) is 0 Å².